The lowest BCUT2D eigenvalue weighted by molar-refractivity contribution is 0.100. The van der Waals surface area contributed by atoms with E-state index >= 15 is 0 Å². The van der Waals surface area contributed by atoms with Crippen LogP contribution in [0.1, 0.15) is 36.7 Å². The number of hydrogen-bond donors (Lipinski definition) is 0. The van der Waals surface area contributed by atoms with Crippen LogP contribution >= 0.6 is 0 Å². The molecule has 0 N–H and O–H groups in total. The average molecular weight is 176 g/mol. The molecule has 1 aliphatic rings. The Morgan fingerprint density at radius 3 is 2.85 bits per heavy atom. The van der Waals surface area contributed by atoms with Crippen LogP contribution < -0.4 is 0 Å². The summed E-state index contributed by atoms with van der Waals surface area (Å²) in [4.78, 5) is 11.8. The highest BCUT2D eigenvalue weighted by molar-refractivity contribution is 6.07. The van der Waals surface area contributed by atoms with E-state index in [2.05, 4.69) is 0 Å². The average Bonchev–Trinajstić information content (AvgIpc) is 2.72. The number of carbonyl (C=O) groups excluding carboxylic acids is 1. The summed E-state index contributed by atoms with van der Waals surface area (Å²) in [5, 5.41) is 0. The van der Waals surface area contributed by atoms with Crippen LogP contribution in [0.5, 0.6) is 0 Å². The Kier molecular flexibility index (Phi) is 2.05. The van der Waals surface area contributed by atoms with Crippen LogP contribution in [-0.4, -0.2) is 5.78 Å². The maximum atomic E-state index is 11.8. The van der Waals surface area contributed by atoms with Crippen molar-refractivity contribution in [2.24, 2.45) is 0 Å². The second-order valence-corrected chi connectivity index (χ2v) is 3.42. The van der Waals surface area contributed by atoms with Gasteiger partial charge < -0.3 is 4.42 Å². The molecule has 0 saturated carbocycles. The zero-order valence-corrected chi connectivity index (χ0v) is 7.67. The van der Waals surface area contributed by atoms with Gasteiger partial charge in [0.2, 0.25) is 5.78 Å². The van der Waals surface area contributed by atoms with Crippen LogP contribution in [0.2, 0.25) is 0 Å². The van der Waals surface area contributed by atoms with E-state index in [0.29, 0.717) is 5.76 Å². The maximum Gasteiger partial charge on any atom is 0.224 e. The zero-order valence-electron chi connectivity index (χ0n) is 7.67. The van der Waals surface area contributed by atoms with Crippen molar-refractivity contribution in [3.05, 3.63) is 35.3 Å². The predicted octanol–water partition coefficient (Wildman–Crippen LogP) is 2.96. The summed E-state index contributed by atoms with van der Waals surface area (Å²) in [6, 6.07) is 3.47. The van der Waals surface area contributed by atoms with Gasteiger partial charge in [-0.05, 0) is 38.3 Å². The van der Waals surface area contributed by atoms with Crippen LogP contribution in [-0.2, 0) is 0 Å². The molecule has 0 bridgehead atoms. The van der Waals surface area contributed by atoms with Crippen molar-refractivity contribution < 1.29 is 9.21 Å². The number of Topliss-reactive ketones (excluding diaryl/α,β-unsaturated/α-hetero) is 1. The van der Waals surface area contributed by atoms with E-state index in [4.69, 9.17) is 4.42 Å². The lowest BCUT2D eigenvalue weighted by Crippen LogP contribution is -2.00. The molecule has 0 saturated heterocycles. The third-order valence-corrected chi connectivity index (χ3v) is 2.51. The fourth-order valence-corrected chi connectivity index (χ4v) is 1.76. The second kappa shape index (κ2) is 3.21. The van der Waals surface area contributed by atoms with E-state index in [1.165, 1.54) is 11.8 Å². The minimum absolute atomic E-state index is 0.0694. The molecule has 1 heterocycles. The number of furan rings is 1. The van der Waals surface area contributed by atoms with Crippen LogP contribution in [0.4, 0.5) is 0 Å². The molecule has 0 aromatic carbocycles. The largest absolute Gasteiger partial charge is 0.461 e. The third-order valence-electron chi connectivity index (χ3n) is 2.51. The molecule has 68 valence electrons. The van der Waals surface area contributed by atoms with E-state index in [9.17, 15) is 4.79 Å². The summed E-state index contributed by atoms with van der Waals surface area (Å²) >= 11 is 0. The van der Waals surface area contributed by atoms with Crippen LogP contribution in [0.25, 0.3) is 0 Å². The number of rotatable bonds is 2. The Labute approximate surface area is 77.2 Å². The molecule has 0 radical (unpaired) electrons. The van der Waals surface area contributed by atoms with Gasteiger partial charge in [-0.3, -0.25) is 4.79 Å². The lowest BCUT2D eigenvalue weighted by Gasteiger charge is -1.98. The fraction of sp³-hybridized carbons (Fsp3) is 0.364. The minimum Gasteiger partial charge on any atom is -0.461 e. The van der Waals surface area contributed by atoms with E-state index in [-0.39, 0.29) is 5.78 Å². The van der Waals surface area contributed by atoms with Crippen molar-refractivity contribution >= 4 is 5.78 Å². The van der Waals surface area contributed by atoms with Gasteiger partial charge in [0.1, 0.15) is 0 Å². The molecule has 1 aromatic rings. The van der Waals surface area contributed by atoms with Crippen molar-refractivity contribution in [3.8, 4) is 0 Å². The van der Waals surface area contributed by atoms with E-state index < -0.39 is 0 Å². The van der Waals surface area contributed by atoms with Crippen molar-refractivity contribution in [1.29, 1.82) is 0 Å². The number of ketones is 1. The molecule has 2 rings (SSSR count). The summed E-state index contributed by atoms with van der Waals surface area (Å²) in [6.07, 6.45) is 4.61. The van der Waals surface area contributed by atoms with Gasteiger partial charge in [0.25, 0.3) is 0 Å². The molecular formula is C11H12O2. The Hall–Kier alpha value is -1.31. The lowest BCUT2D eigenvalue weighted by atomic mass is 10.1. The summed E-state index contributed by atoms with van der Waals surface area (Å²) < 4.78 is 5.07. The van der Waals surface area contributed by atoms with Crippen LogP contribution in [0, 0.1) is 0 Å². The quantitative estimate of drug-likeness (QED) is 0.648. The van der Waals surface area contributed by atoms with Gasteiger partial charge in [0.05, 0.1) is 6.26 Å². The molecule has 2 heteroatoms. The number of carbonyl (C=O) groups is 1. The van der Waals surface area contributed by atoms with E-state index in [1.807, 2.05) is 6.92 Å². The minimum atomic E-state index is 0.0694. The molecule has 1 aliphatic carbocycles. The van der Waals surface area contributed by atoms with Gasteiger partial charge in [0.15, 0.2) is 5.76 Å². The normalized spacial score (nSPS) is 16.7. The number of allylic oxidation sites excluding steroid dienone is 2. The Morgan fingerprint density at radius 2 is 2.31 bits per heavy atom. The van der Waals surface area contributed by atoms with Gasteiger partial charge in [-0.2, -0.15) is 0 Å². The van der Waals surface area contributed by atoms with Gasteiger partial charge in [-0.1, -0.05) is 5.57 Å². The highest BCUT2D eigenvalue weighted by atomic mass is 16.3. The highest BCUT2D eigenvalue weighted by Crippen LogP contribution is 2.28. The van der Waals surface area contributed by atoms with Gasteiger partial charge in [0, 0.05) is 5.57 Å². The molecule has 0 aliphatic heterocycles. The monoisotopic (exact) mass is 176 g/mol. The molecule has 0 fully saturated rings. The summed E-state index contributed by atoms with van der Waals surface area (Å²) in [5.74, 6) is 0.538. The predicted molar refractivity (Wildman–Crippen MR) is 49.6 cm³/mol. The Bertz CT molecular complexity index is 344. The molecule has 2 nitrogen and oxygen atoms in total. The topological polar surface area (TPSA) is 30.2 Å². The Balaban J connectivity index is 2.28. The molecule has 0 atom stereocenters. The molecule has 0 spiro atoms. The van der Waals surface area contributed by atoms with Gasteiger partial charge in [-0.25, -0.2) is 0 Å². The van der Waals surface area contributed by atoms with Crippen LogP contribution in [0.3, 0.4) is 0 Å². The molecule has 0 amide bonds. The highest BCUT2D eigenvalue weighted by Gasteiger charge is 2.20. The maximum absolute atomic E-state index is 11.8. The smallest absolute Gasteiger partial charge is 0.224 e. The fourth-order valence-electron chi connectivity index (χ4n) is 1.76. The SMILES string of the molecule is CC1=C(C(=O)c2ccco2)CCC1. The molecule has 1 aromatic heterocycles. The first-order chi connectivity index (χ1) is 6.29. The summed E-state index contributed by atoms with van der Waals surface area (Å²) in [5.41, 5.74) is 2.18. The van der Waals surface area contributed by atoms with E-state index in [0.717, 1.165) is 24.8 Å². The first kappa shape index (κ1) is 8.30. The summed E-state index contributed by atoms with van der Waals surface area (Å²) in [7, 11) is 0. The van der Waals surface area contributed by atoms with Gasteiger partial charge >= 0.3 is 0 Å². The van der Waals surface area contributed by atoms with Gasteiger partial charge in [-0.15, -0.1) is 0 Å². The molecule has 0 unspecified atom stereocenters. The van der Waals surface area contributed by atoms with Crippen LogP contribution in [0.15, 0.2) is 34.0 Å². The standard InChI is InChI=1S/C11H12O2/c1-8-4-2-5-9(8)11(12)10-6-3-7-13-10/h3,6-7H,2,4-5H2,1H3. The first-order valence-corrected chi connectivity index (χ1v) is 4.56. The van der Waals surface area contributed by atoms with E-state index in [1.54, 1.807) is 12.1 Å². The van der Waals surface area contributed by atoms with Crippen molar-refractivity contribution in [2.45, 2.75) is 26.2 Å². The van der Waals surface area contributed by atoms with Crippen molar-refractivity contribution in [2.75, 3.05) is 0 Å². The van der Waals surface area contributed by atoms with Crippen molar-refractivity contribution in [3.63, 3.8) is 0 Å². The number of hydrogen-bond acceptors (Lipinski definition) is 2. The second-order valence-electron chi connectivity index (χ2n) is 3.42. The summed E-state index contributed by atoms with van der Waals surface area (Å²) in [6.45, 7) is 2.03. The molecular weight excluding hydrogens is 164 g/mol. The first-order valence-electron chi connectivity index (χ1n) is 4.56. The van der Waals surface area contributed by atoms with Crippen molar-refractivity contribution in [1.82, 2.24) is 0 Å². The zero-order chi connectivity index (χ0) is 9.26. The Morgan fingerprint density at radius 1 is 1.46 bits per heavy atom. The molecule has 13 heavy (non-hydrogen) atoms. The third kappa shape index (κ3) is 1.44.